The summed E-state index contributed by atoms with van der Waals surface area (Å²) in [5.41, 5.74) is 3.72. The number of benzene rings is 1. The van der Waals surface area contributed by atoms with Crippen molar-refractivity contribution >= 4 is 11.9 Å². The highest BCUT2D eigenvalue weighted by Gasteiger charge is 2.23. The van der Waals surface area contributed by atoms with Crippen molar-refractivity contribution in [3.63, 3.8) is 0 Å². The van der Waals surface area contributed by atoms with Crippen LogP contribution in [0.5, 0.6) is 0 Å². The number of carbonyl (C=O) groups is 1. The summed E-state index contributed by atoms with van der Waals surface area (Å²) in [6.07, 6.45) is 5.87. The molecule has 0 radical (unpaired) electrons. The first-order valence-electron chi connectivity index (χ1n) is 5.20. The SMILES string of the molecule is O=C1C(=Cc2ccoc2)Cc2ccccc21. The van der Waals surface area contributed by atoms with Crippen LogP contribution in [0.15, 0.2) is 52.8 Å². The van der Waals surface area contributed by atoms with Crippen molar-refractivity contribution in [2.75, 3.05) is 0 Å². The Morgan fingerprint density at radius 2 is 2.06 bits per heavy atom. The molecule has 16 heavy (non-hydrogen) atoms. The van der Waals surface area contributed by atoms with Crippen molar-refractivity contribution in [1.82, 2.24) is 0 Å². The monoisotopic (exact) mass is 210 g/mol. The van der Waals surface area contributed by atoms with Crippen LogP contribution in [-0.2, 0) is 6.42 Å². The van der Waals surface area contributed by atoms with E-state index in [9.17, 15) is 4.79 Å². The molecule has 0 bridgehead atoms. The number of hydrogen-bond donors (Lipinski definition) is 0. The predicted molar refractivity (Wildman–Crippen MR) is 61.2 cm³/mol. The number of Topliss-reactive ketones (excluding diaryl/α,β-unsaturated/α-hetero) is 1. The summed E-state index contributed by atoms with van der Waals surface area (Å²) < 4.78 is 4.98. The quantitative estimate of drug-likeness (QED) is 0.677. The number of furan rings is 1. The minimum Gasteiger partial charge on any atom is -0.472 e. The largest absolute Gasteiger partial charge is 0.472 e. The smallest absolute Gasteiger partial charge is 0.189 e. The molecule has 78 valence electrons. The van der Waals surface area contributed by atoms with Gasteiger partial charge >= 0.3 is 0 Å². The van der Waals surface area contributed by atoms with Gasteiger partial charge < -0.3 is 4.42 Å². The fraction of sp³-hybridized carbons (Fsp3) is 0.0714. The molecule has 1 aliphatic carbocycles. The zero-order chi connectivity index (χ0) is 11.0. The fourth-order valence-electron chi connectivity index (χ4n) is 2.03. The second-order valence-electron chi connectivity index (χ2n) is 3.89. The maximum Gasteiger partial charge on any atom is 0.189 e. The zero-order valence-electron chi connectivity index (χ0n) is 8.64. The van der Waals surface area contributed by atoms with E-state index in [4.69, 9.17) is 4.42 Å². The van der Waals surface area contributed by atoms with Crippen LogP contribution in [-0.4, -0.2) is 5.78 Å². The van der Waals surface area contributed by atoms with Crippen molar-refractivity contribution < 1.29 is 9.21 Å². The highest BCUT2D eigenvalue weighted by atomic mass is 16.3. The molecule has 0 spiro atoms. The minimum atomic E-state index is 0.136. The molecule has 3 rings (SSSR count). The van der Waals surface area contributed by atoms with Gasteiger partial charge in [0, 0.05) is 23.1 Å². The molecule has 0 aliphatic heterocycles. The van der Waals surface area contributed by atoms with Gasteiger partial charge in [0.1, 0.15) is 0 Å². The van der Waals surface area contributed by atoms with Crippen molar-refractivity contribution in [2.24, 2.45) is 0 Å². The van der Waals surface area contributed by atoms with Crippen LogP contribution in [0, 0.1) is 0 Å². The topological polar surface area (TPSA) is 30.2 Å². The van der Waals surface area contributed by atoms with E-state index in [1.807, 2.05) is 36.4 Å². The summed E-state index contributed by atoms with van der Waals surface area (Å²) in [5, 5.41) is 0. The molecule has 1 aliphatic rings. The number of rotatable bonds is 1. The highest BCUT2D eigenvalue weighted by Crippen LogP contribution is 2.27. The van der Waals surface area contributed by atoms with Crippen LogP contribution in [0.1, 0.15) is 21.5 Å². The van der Waals surface area contributed by atoms with Gasteiger partial charge in [-0.2, -0.15) is 0 Å². The number of carbonyl (C=O) groups excluding carboxylic acids is 1. The lowest BCUT2D eigenvalue weighted by atomic mass is 10.1. The van der Waals surface area contributed by atoms with Gasteiger partial charge in [-0.1, -0.05) is 24.3 Å². The zero-order valence-corrected chi connectivity index (χ0v) is 8.64. The second-order valence-corrected chi connectivity index (χ2v) is 3.89. The number of allylic oxidation sites excluding steroid dienone is 1. The van der Waals surface area contributed by atoms with Crippen LogP contribution >= 0.6 is 0 Å². The van der Waals surface area contributed by atoms with Gasteiger partial charge in [0.15, 0.2) is 5.78 Å². The summed E-state index contributed by atoms with van der Waals surface area (Å²) >= 11 is 0. The van der Waals surface area contributed by atoms with E-state index in [0.717, 1.165) is 28.7 Å². The van der Waals surface area contributed by atoms with Crippen LogP contribution in [0.4, 0.5) is 0 Å². The normalized spacial score (nSPS) is 16.8. The van der Waals surface area contributed by atoms with Gasteiger partial charge in [-0.05, 0) is 17.7 Å². The predicted octanol–water partition coefficient (Wildman–Crippen LogP) is 3.10. The Morgan fingerprint density at radius 3 is 2.81 bits per heavy atom. The Hall–Kier alpha value is -2.09. The third-order valence-electron chi connectivity index (χ3n) is 2.82. The van der Waals surface area contributed by atoms with E-state index in [-0.39, 0.29) is 5.78 Å². The molecular weight excluding hydrogens is 200 g/mol. The molecule has 0 unspecified atom stereocenters. The van der Waals surface area contributed by atoms with Crippen molar-refractivity contribution in [1.29, 1.82) is 0 Å². The summed E-state index contributed by atoms with van der Waals surface area (Å²) in [6, 6.07) is 9.60. The van der Waals surface area contributed by atoms with Crippen LogP contribution in [0.2, 0.25) is 0 Å². The summed E-state index contributed by atoms with van der Waals surface area (Å²) in [4.78, 5) is 12.0. The minimum absolute atomic E-state index is 0.136. The molecule has 0 saturated carbocycles. The molecule has 1 heterocycles. The second kappa shape index (κ2) is 3.49. The number of ketones is 1. The molecule has 2 nitrogen and oxygen atoms in total. The lowest BCUT2D eigenvalue weighted by molar-refractivity contribution is 0.104. The third kappa shape index (κ3) is 1.39. The molecular formula is C14H10O2. The molecule has 0 atom stereocenters. The first kappa shape index (κ1) is 9.16. The lowest BCUT2D eigenvalue weighted by Crippen LogP contribution is -1.94. The molecule has 0 N–H and O–H groups in total. The fourth-order valence-corrected chi connectivity index (χ4v) is 2.03. The van der Waals surface area contributed by atoms with Crippen molar-refractivity contribution in [3.8, 4) is 0 Å². The van der Waals surface area contributed by atoms with E-state index in [1.54, 1.807) is 12.5 Å². The average molecular weight is 210 g/mol. The summed E-state index contributed by atoms with van der Waals surface area (Å²) in [6.45, 7) is 0. The van der Waals surface area contributed by atoms with Gasteiger partial charge in [0.25, 0.3) is 0 Å². The lowest BCUT2D eigenvalue weighted by Gasteiger charge is -1.92. The summed E-state index contributed by atoms with van der Waals surface area (Å²) in [7, 11) is 0. The van der Waals surface area contributed by atoms with E-state index in [2.05, 4.69) is 0 Å². The van der Waals surface area contributed by atoms with Crippen LogP contribution in [0.3, 0.4) is 0 Å². The van der Waals surface area contributed by atoms with Crippen molar-refractivity contribution in [2.45, 2.75) is 6.42 Å². The Balaban J connectivity index is 2.02. The number of hydrogen-bond acceptors (Lipinski definition) is 2. The van der Waals surface area contributed by atoms with Gasteiger partial charge in [-0.25, -0.2) is 0 Å². The van der Waals surface area contributed by atoms with Gasteiger partial charge in [0.2, 0.25) is 0 Å². The standard InChI is InChI=1S/C14H10O2/c15-14-12(7-10-5-6-16-9-10)8-11-3-1-2-4-13(11)14/h1-7,9H,8H2. The Morgan fingerprint density at radius 1 is 1.19 bits per heavy atom. The summed E-state index contributed by atoms with van der Waals surface area (Å²) in [5.74, 6) is 0.136. The maximum absolute atomic E-state index is 12.0. The third-order valence-corrected chi connectivity index (χ3v) is 2.82. The van der Waals surface area contributed by atoms with Gasteiger partial charge in [0.05, 0.1) is 12.5 Å². The van der Waals surface area contributed by atoms with Crippen molar-refractivity contribution in [3.05, 3.63) is 65.1 Å². The van der Waals surface area contributed by atoms with E-state index >= 15 is 0 Å². The molecule has 1 aromatic carbocycles. The first-order valence-corrected chi connectivity index (χ1v) is 5.20. The average Bonchev–Trinajstić information content (AvgIpc) is 2.90. The Kier molecular flexibility index (Phi) is 2.00. The molecule has 0 fully saturated rings. The molecule has 0 saturated heterocycles. The molecule has 2 heteroatoms. The molecule has 1 aromatic heterocycles. The molecule has 2 aromatic rings. The Bertz CT molecular complexity index is 562. The van der Waals surface area contributed by atoms with Crippen LogP contribution in [0.25, 0.3) is 6.08 Å². The van der Waals surface area contributed by atoms with E-state index in [1.165, 1.54) is 0 Å². The van der Waals surface area contributed by atoms with E-state index < -0.39 is 0 Å². The Labute approximate surface area is 93.2 Å². The highest BCUT2D eigenvalue weighted by molar-refractivity contribution is 6.15. The van der Waals surface area contributed by atoms with Gasteiger partial charge in [-0.3, -0.25) is 4.79 Å². The van der Waals surface area contributed by atoms with Gasteiger partial charge in [-0.15, -0.1) is 0 Å². The van der Waals surface area contributed by atoms with Crippen LogP contribution < -0.4 is 0 Å². The maximum atomic E-state index is 12.0. The molecule has 0 amide bonds. The van der Waals surface area contributed by atoms with E-state index in [0.29, 0.717) is 0 Å². The first-order chi connectivity index (χ1) is 7.84. The number of fused-ring (bicyclic) bond motifs is 1.